The number of hydrogen-bond acceptors (Lipinski definition) is 2. The van der Waals surface area contributed by atoms with Crippen LogP contribution in [0.5, 0.6) is 0 Å². The molecule has 1 aromatic rings. The Labute approximate surface area is 91.1 Å². The van der Waals surface area contributed by atoms with Crippen LogP contribution >= 0.6 is 11.8 Å². The van der Waals surface area contributed by atoms with Crippen LogP contribution in [0.2, 0.25) is 0 Å². The van der Waals surface area contributed by atoms with Crippen LogP contribution in [0, 0.1) is 5.92 Å². The van der Waals surface area contributed by atoms with E-state index in [2.05, 4.69) is 26.0 Å². The van der Waals surface area contributed by atoms with E-state index in [1.54, 1.807) is 0 Å². The first kappa shape index (κ1) is 11.4. The van der Waals surface area contributed by atoms with Gasteiger partial charge in [0, 0.05) is 11.4 Å². The van der Waals surface area contributed by atoms with Crippen molar-refractivity contribution in [1.82, 2.24) is 0 Å². The molecule has 0 saturated carbocycles. The smallest absolute Gasteiger partial charge is 0.0314 e. The van der Waals surface area contributed by atoms with Crippen molar-refractivity contribution >= 4 is 17.4 Å². The molecule has 1 aromatic carbocycles. The van der Waals surface area contributed by atoms with Crippen LogP contribution in [0.15, 0.2) is 24.3 Å². The molecule has 0 fully saturated rings. The van der Waals surface area contributed by atoms with E-state index in [0.717, 1.165) is 17.4 Å². The Balaban J connectivity index is 2.28. The van der Waals surface area contributed by atoms with Crippen LogP contribution in [0.3, 0.4) is 0 Å². The molecule has 2 N–H and O–H groups in total. The van der Waals surface area contributed by atoms with Crippen molar-refractivity contribution in [3.05, 3.63) is 29.8 Å². The first-order valence-corrected chi connectivity index (χ1v) is 6.30. The number of benzene rings is 1. The Kier molecular flexibility index (Phi) is 4.88. The van der Waals surface area contributed by atoms with Crippen molar-refractivity contribution in [1.29, 1.82) is 0 Å². The second-order valence-electron chi connectivity index (χ2n) is 3.77. The predicted octanol–water partition coefficient (Wildman–Crippen LogP) is 3.55. The lowest BCUT2D eigenvalue weighted by molar-refractivity contribution is 0.637. The highest BCUT2D eigenvalue weighted by molar-refractivity contribution is 7.98. The zero-order valence-corrected chi connectivity index (χ0v) is 9.81. The van der Waals surface area contributed by atoms with Gasteiger partial charge in [0.1, 0.15) is 0 Å². The van der Waals surface area contributed by atoms with E-state index in [0.29, 0.717) is 0 Å². The Morgan fingerprint density at radius 3 is 2.50 bits per heavy atom. The Bertz CT molecular complexity index is 256. The Morgan fingerprint density at radius 1 is 1.29 bits per heavy atom. The number of nitrogen functional groups attached to an aromatic ring is 1. The number of nitrogens with two attached hydrogens (primary N) is 1. The van der Waals surface area contributed by atoms with Gasteiger partial charge in [0.2, 0.25) is 0 Å². The number of thioether (sulfide) groups is 1. The molecule has 78 valence electrons. The Morgan fingerprint density at radius 2 is 1.93 bits per heavy atom. The largest absolute Gasteiger partial charge is 0.399 e. The molecule has 2 heteroatoms. The van der Waals surface area contributed by atoms with Gasteiger partial charge in [-0.15, -0.1) is 0 Å². The summed E-state index contributed by atoms with van der Waals surface area (Å²) in [6.45, 7) is 4.55. The molecule has 0 radical (unpaired) electrons. The molecule has 1 nitrogen and oxygen atoms in total. The molecule has 0 saturated heterocycles. The molecule has 1 atom stereocenters. The molecule has 0 aliphatic heterocycles. The van der Waals surface area contributed by atoms with E-state index in [4.69, 9.17) is 5.73 Å². The van der Waals surface area contributed by atoms with Crippen molar-refractivity contribution in [2.75, 3.05) is 11.5 Å². The fourth-order valence-electron chi connectivity index (χ4n) is 1.11. The third-order valence-corrected chi connectivity index (χ3v) is 3.69. The van der Waals surface area contributed by atoms with Crippen molar-refractivity contribution in [2.45, 2.75) is 26.0 Å². The maximum absolute atomic E-state index is 5.62. The van der Waals surface area contributed by atoms with Crippen molar-refractivity contribution in [3.63, 3.8) is 0 Å². The van der Waals surface area contributed by atoms with Gasteiger partial charge < -0.3 is 5.73 Å². The van der Waals surface area contributed by atoms with E-state index in [-0.39, 0.29) is 0 Å². The zero-order valence-electron chi connectivity index (χ0n) is 8.99. The first-order chi connectivity index (χ1) is 6.72. The summed E-state index contributed by atoms with van der Waals surface area (Å²) in [4.78, 5) is 0. The van der Waals surface area contributed by atoms with Crippen molar-refractivity contribution in [3.8, 4) is 0 Å². The first-order valence-electron chi connectivity index (χ1n) is 5.14. The van der Waals surface area contributed by atoms with Crippen LogP contribution < -0.4 is 5.73 Å². The second-order valence-corrected chi connectivity index (χ2v) is 4.80. The molecular weight excluding hydrogens is 190 g/mol. The van der Waals surface area contributed by atoms with Crippen LogP contribution in [0.1, 0.15) is 25.8 Å². The molecule has 1 unspecified atom stereocenters. The second kappa shape index (κ2) is 5.97. The average Bonchev–Trinajstić information content (AvgIpc) is 2.21. The Hall–Kier alpha value is -0.630. The van der Waals surface area contributed by atoms with Crippen LogP contribution in [0.4, 0.5) is 5.69 Å². The van der Waals surface area contributed by atoms with Gasteiger partial charge in [0.05, 0.1) is 0 Å². The molecule has 14 heavy (non-hydrogen) atoms. The highest BCUT2D eigenvalue weighted by Gasteiger charge is 1.99. The fourth-order valence-corrected chi connectivity index (χ4v) is 2.29. The maximum atomic E-state index is 5.62. The summed E-state index contributed by atoms with van der Waals surface area (Å²) in [5, 5.41) is 0. The molecular formula is C12H19NS. The third kappa shape index (κ3) is 4.05. The molecule has 0 amide bonds. The van der Waals surface area contributed by atoms with Gasteiger partial charge in [-0.05, 0) is 29.4 Å². The minimum absolute atomic E-state index is 0.828. The van der Waals surface area contributed by atoms with E-state index in [1.807, 2.05) is 23.9 Å². The number of rotatable bonds is 5. The maximum Gasteiger partial charge on any atom is 0.0314 e. The summed E-state index contributed by atoms with van der Waals surface area (Å²) < 4.78 is 0. The summed E-state index contributed by atoms with van der Waals surface area (Å²) in [7, 11) is 0. The van der Waals surface area contributed by atoms with Crippen LogP contribution in [0.25, 0.3) is 0 Å². The van der Waals surface area contributed by atoms with E-state index < -0.39 is 0 Å². The molecule has 0 spiro atoms. The van der Waals surface area contributed by atoms with Gasteiger partial charge >= 0.3 is 0 Å². The lowest BCUT2D eigenvalue weighted by atomic mass is 10.2. The topological polar surface area (TPSA) is 26.0 Å². The summed E-state index contributed by atoms with van der Waals surface area (Å²) >= 11 is 2.00. The van der Waals surface area contributed by atoms with Crippen LogP contribution in [-0.4, -0.2) is 5.75 Å². The number of anilines is 1. The molecule has 0 bridgehead atoms. The highest BCUT2D eigenvalue weighted by atomic mass is 32.2. The van der Waals surface area contributed by atoms with Gasteiger partial charge in [-0.2, -0.15) is 11.8 Å². The minimum Gasteiger partial charge on any atom is -0.399 e. The normalized spacial score (nSPS) is 12.7. The summed E-state index contributed by atoms with van der Waals surface area (Å²) in [6.07, 6.45) is 1.27. The van der Waals surface area contributed by atoms with Crippen molar-refractivity contribution < 1.29 is 0 Å². The van der Waals surface area contributed by atoms with Gasteiger partial charge in [-0.3, -0.25) is 0 Å². The summed E-state index contributed by atoms with van der Waals surface area (Å²) in [6, 6.07) is 8.16. The molecule has 1 rings (SSSR count). The highest BCUT2D eigenvalue weighted by Crippen LogP contribution is 2.17. The summed E-state index contributed by atoms with van der Waals surface area (Å²) in [5.74, 6) is 3.18. The minimum atomic E-state index is 0.828. The monoisotopic (exact) mass is 209 g/mol. The van der Waals surface area contributed by atoms with E-state index >= 15 is 0 Å². The van der Waals surface area contributed by atoms with E-state index in [9.17, 15) is 0 Å². The zero-order chi connectivity index (χ0) is 10.4. The SMILES string of the molecule is CCC(C)CSCc1ccc(N)cc1. The molecule has 0 heterocycles. The molecule has 0 aliphatic carbocycles. The van der Waals surface area contributed by atoms with Gasteiger partial charge in [0.15, 0.2) is 0 Å². The molecule has 0 aliphatic rings. The van der Waals surface area contributed by atoms with Gasteiger partial charge in [-0.1, -0.05) is 32.4 Å². The lowest BCUT2D eigenvalue weighted by Crippen LogP contribution is -1.96. The lowest BCUT2D eigenvalue weighted by Gasteiger charge is -2.07. The van der Waals surface area contributed by atoms with Crippen LogP contribution in [-0.2, 0) is 5.75 Å². The van der Waals surface area contributed by atoms with E-state index in [1.165, 1.54) is 17.7 Å². The summed E-state index contributed by atoms with van der Waals surface area (Å²) in [5.41, 5.74) is 7.83. The quantitative estimate of drug-likeness (QED) is 0.751. The molecule has 0 aromatic heterocycles. The fraction of sp³-hybridized carbons (Fsp3) is 0.500. The predicted molar refractivity (Wildman–Crippen MR) is 66.5 cm³/mol. The van der Waals surface area contributed by atoms with Gasteiger partial charge in [-0.25, -0.2) is 0 Å². The standard InChI is InChI=1S/C12H19NS/c1-3-10(2)8-14-9-11-4-6-12(13)7-5-11/h4-7,10H,3,8-9,13H2,1-2H3. The number of hydrogen-bond donors (Lipinski definition) is 1. The van der Waals surface area contributed by atoms with Gasteiger partial charge in [0.25, 0.3) is 0 Å². The third-order valence-electron chi connectivity index (χ3n) is 2.35. The average molecular weight is 209 g/mol. The van der Waals surface area contributed by atoms with Crippen molar-refractivity contribution in [2.24, 2.45) is 5.92 Å².